The summed E-state index contributed by atoms with van der Waals surface area (Å²) in [5, 5.41) is 3.33. The van der Waals surface area contributed by atoms with Crippen LogP contribution in [0.4, 0.5) is 0 Å². The molecule has 0 bridgehead atoms. The van der Waals surface area contributed by atoms with Crippen LogP contribution in [0.2, 0.25) is 0 Å². The summed E-state index contributed by atoms with van der Waals surface area (Å²) in [6, 6.07) is 6.97. The molecule has 102 valence electrons. The minimum absolute atomic E-state index is 0.226. The Morgan fingerprint density at radius 1 is 1.17 bits per heavy atom. The summed E-state index contributed by atoms with van der Waals surface area (Å²) in [6.07, 6.45) is 0. The number of hydrogen-bond donors (Lipinski definition) is 1. The summed E-state index contributed by atoms with van der Waals surface area (Å²) >= 11 is 0. The van der Waals surface area contributed by atoms with Gasteiger partial charge in [0.1, 0.15) is 0 Å². The summed E-state index contributed by atoms with van der Waals surface area (Å²) in [5.41, 5.74) is 4.58. The summed E-state index contributed by atoms with van der Waals surface area (Å²) in [5.74, 6) is 1.25. The van der Waals surface area contributed by atoms with Crippen LogP contribution in [0.15, 0.2) is 18.2 Å². The van der Waals surface area contributed by atoms with E-state index in [4.69, 9.17) is 0 Å². The van der Waals surface area contributed by atoms with Gasteiger partial charge in [0.2, 0.25) is 0 Å². The van der Waals surface area contributed by atoms with Gasteiger partial charge in [-0.15, -0.1) is 0 Å². The second-order valence-electron chi connectivity index (χ2n) is 6.73. The number of likely N-dealkylation sites (N-methyl/N-ethyl adjacent to an activating group) is 1. The Bertz CT molecular complexity index is 385. The van der Waals surface area contributed by atoms with Gasteiger partial charge in [0, 0.05) is 6.54 Å². The minimum Gasteiger partial charge on any atom is -0.319 e. The van der Waals surface area contributed by atoms with Gasteiger partial charge in [-0.05, 0) is 47.9 Å². The van der Waals surface area contributed by atoms with Crippen molar-refractivity contribution in [1.29, 1.82) is 0 Å². The fourth-order valence-corrected chi connectivity index (χ4v) is 2.43. The second-order valence-corrected chi connectivity index (χ2v) is 6.73. The van der Waals surface area contributed by atoms with Crippen LogP contribution in [0.1, 0.15) is 57.2 Å². The second kappa shape index (κ2) is 5.88. The molecule has 0 aliphatic carbocycles. The zero-order valence-electron chi connectivity index (χ0n) is 13.1. The minimum atomic E-state index is 0.226. The highest BCUT2D eigenvalue weighted by atomic mass is 14.8. The lowest BCUT2D eigenvalue weighted by atomic mass is 9.80. The smallest absolute Gasteiger partial charge is 0.00197 e. The number of aryl methyl sites for hydroxylation is 1. The van der Waals surface area contributed by atoms with E-state index in [9.17, 15) is 0 Å². The number of hydrogen-bond acceptors (Lipinski definition) is 1. The summed E-state index contributed by atoms with van der Waals surface area (Å²) in [7, 11) is 2.04. The Balaban J connectivity index is 3.20. The van der Waals surface area contributed by atoms with Crippen LogP contribution in [0, 0.1) is 12.8 Å². The average Bonchev–Trinajstić information content (AvgIpc) is 2.25. The lowest BCUT2D eigenvalue weighted by molar-refractivity contribution is 0.474. The molecule has 1 aromatic rings. The molecule has 1 rings (SSSR count). The lowest BCUT2D eigenvalue weighted by Crippen LogP contribution is -2.23. The molecule has 0 heterocycles. The van der Waals surface area contributed by atoms with E-state index in [2.05, 4.69) is 65.1 Å². The monoisotopic (exact) mass is 247 g/mol. The van der Waals surface area contributed by atoms with Crippen LogP contribution < -0.4 is 5.32 Å². The van der Waals surface area contributed by atoms with Crippen LogP contribution in [0.25, 0.3) is 0 Å². The highest BCUT2D eigenvalue weighted by molar-refractivity contribution is 5.37. The van der Waals surface area contributed by atoms with Crippen LogP contribution in [0.5, 0.6) is 0 Å². The molecule has 0 aliphatic rings. The van der Waals surface area contributed by atoms with Gasteiger partial charge in [0.25, 0.3) is 0 Å². The van der Waals surface area contributed by atoms with Gasteiger partial charge in [-0.2, -0.15) is 0 Å². The van der Waals surface area contributed by atoms with Crippen molar-refractivity contribution in [3.05, 3.63) is 34.9 Å². The largest absolute Gasteiger partial charge is 0.319 e. The fourth-order valence-electron chi connectivity index (χ4n) is 2.43. The van der Waals surface area contributed by atoms with E-state index >= 15 is 0 Å². The molecule has 1 heteroatoms. The van der Waals surface area contributed by atoms with Crippen LogP contribution in [-0.4, -0.2) is 13.6 Å². The number of nitrogens with one attached hydrogen (secondary N) is 1. The lowest BCUT2D eigenvalue weighted by Gasteiger charge is -2.26. The molecule has 1 aromatic carbocycles. The Labute approximate surface area is 113 Å². The topological polar surface area (TPSA) is 12.0 Å². The maximum Gasteiger partial charge on any atom is 0.00197 e. The molecule has 1 nitrogen and oxygen atoms in total. The van der Waals surface area contributed by atoms with Crippen molar-refractivity contribution in [2.75, 3.05) is 13.6 Å². The van der Waals surface area contributed by atoms with E-state index in [0.29, 0.717) is 11.8 Å². The third-order valence-corrected chi connectivity index (χ3v) is 3.77. The molecule has 1 atom stereocenters. The normalized spacial score (nSPS) is 14.0. The molecule has 0 fully saturated rings. The first kappa shape index (κ1) is 15.2. The molecule has 0 amide bonds. The van der Waals surface area contributed by atoms with Crippen molar-refractivity contribution in [3.63, 3.8) is 0 Å². The van der Waals surface area contributed by atoms with E-state index in [1.807, 2.05) is 7.05 Å². The molecule has 0 saturated heterocycles. The first-order valence-electron chi connectivity index (χ1n) is 7.03. The van der Waals surface area contributed by atoms with E-state index in [-0.39, 0.29) is 5.41 Å². The van der Waals surface area contributed by atoms with E-state index in [1.54, 1.807) is 0 Å². The van der Waals surface area contributed by atoms with Crippen molar-refractivity contribution in [2.24, 2.45) is 5.92 Å². The molecule has 0 aliphatic heterocycles. The van der Waals surface area contributed by atoms with Crippen molar-refractivity contribution in [3.8, 4) is 0 Å². The molecule has 1 N–H and O–H groups in total. The zero-order valence-corrected chi connectivity index (χ0v) is 13.1. The van der Waals surface area contributed by atoms with Crippen LogP contribution >= 0.6 is 0 Å². The molecule has 1 unspecified atom stereocenters. The highest BCUT2D eigenvalue weighted by Gasteiger charge is 2.20. The summed E-state index contributed by atoms with van der Waals surface area (Å²) < 4.78 is 0. The molecule has 0 radical (unpaired) electrons. The quantitative estimate of drug-likeness (QED) is 0.838. The van der Waals surface area contributed by atoms with Crippen molar-refractivity contribution < 1.29 is 0 Å². The number of rotatable bonds is 4. The van der Waals surface area contributed by atoms with Crippen LogP contribution in [0.3, 0.4) is 0 Å². The van der Waals surface area contributed by atoms with Crippen molar-refractivity contribution in [2.45, 2.75) is 52.9 Å². The molecule has 0 spiro atoms. The molecular formula is C17H29N. The van der Waals surface area contributed by atoms with Crippen molar-refractivity contribution >= 4 is 0 Å². The number of benzene rings is 1. The molecular weight excluding hydrogens is 218 g/mol. The maximum atomic E-state index is 3.33. The third kappa shape index (κ3) is 3.58. The maximum absolute atomic E-state index is 3.33. The molecule has 18 heavy (non-hydrogen) atoms. The fraction of sp³-hybridized carbons (Fsp3) is 0.647. The van der Waals surface area contributed by atoms with Gasteiger partial charge in [-0.3, -0.25) is 0 Å². The van der Waals surface area contributed by atoms with Gasteiger partial charge < -0.3 is 5.32 Å². The predicted molar refractivity (Wildman–Crippen MR) is 81.4 cm³/mol. The third-order valence-electron chi connectivity index (χ3n) is 3.77. The van der Waals surface area contributed by atoms with E-state index in [1.165, 1.54) is 16.7 Å². The van der Waals surface area contributed by atoms with Gasteiger partial charge in [0.05, 0.1) is 0 Å². The summed E-state index contributed by atoms with van der Waals surface area (Å²) in [6.45, 7) is 14.7. The average molecular weight is 247 g/mol. The Morgan fingerprint density at radius 2 is 1.78 bits per heavy atom. The predicted octanol–water partition coefficient (Wildman–Crippen LogP) is 4.25. The SMILES string of the molecule is CNCC(c1cc(C(C)(C)C)ccc1C)C(C)C. The first-order chi connectivity index (χ1) is 8.27. The van der Waals surface area contributed by atoms with Gasteiger partial charge in [-0.25, -0.2) is 0 Å². The van der Waals surface area contributed by atoms with Crippen molar-refractivity contribution in [1.82, 2.24) is 5.32 Å². The van der Waals surface area contributed by atoms with E-state index < -0.39 is 0 Å². The van der Waals surface area contributed by atoms with Gasteiger partial charge >= 0.3 is 0 Å². The highest BCUT2D eigenvalue weighted by Crippen LogP contribution is 2.31. The molecule has 0 saturated carbocycles. The van der Waals surface area contributed by atoms with Gasteiger partial charge in [-0.1, -0.05) is 52.8 Å². The summed E-state index contributed by atoms with van der Waals surface area (Å²) in [4.78, 5) is 0. The van der Waals surface area contributed by atoms with E-state index in [0.717, 1.165) is 6.54 Å². The standard InChI is InChI=1S/C17H29N/c1-12(2)16(11-18-7)15-10-14(17(4,5)6)9-8-13(15)3/h8-10,12,16,18H,11H2,1-7H3. The Morgan fingerprint density at radius 3 is 2.22 bits per heavy atom. The first-order valence-corrected chi connectivity index (χ1v) is 7.03. The van der Waals surface area contributed by atoms with Crippen LogP contribution in [-0.2, 0) is 5.41 Å². The zero-order chi connectivity index (χ0) is 13.9. The Hall–Kier alpha value is -0.820. The molecule has 0 aromatic heterocycles. The Kier molecular flexibility index (Phi) is 4.98. The van der Waals surface area contributed by atoms with Gasteiger partial charge in [0.15, 0.2) is 0 Å².